The molecule has 0 saturated heterocycles. The average molecular weight is 273 g/mol. The van der Waals surface area contributed by atoms with Gasteiger partial charge in [-0.1, -0.05) is 34.1 Å². The molecule has 5 heteroatoms. The van der Waals surface area contributed by atoms with Crippen LogP contribution in [0.4, 0.5) is 0 Å². The molecule has 0 aliphatic carbocycles. The summed E-state index contributed by atoms with van der Waals surface area (Å²) in [6, 6.07) is 7.98. The first-order valence-corrected chi connectivity index (χ1v) is 5.23. The monoisotopic (exact) mass is 271 g/mol. The Morgan fingerprint density at radius 3 is 2.79 bits per heavy atom. The SMILES string of the molecule is Clc1n[nH]c(Cc2ccccc2Br)n1. The van der Waals surface area contributed by atoms with Crippen molar-refractivity contribution in [1.82, 2.24) is 15.2 Å². The number of halogens is 2. The summed E-state index contributed by atoms with van der Waals surface area (Å²) < 4.78 is 1.06. The van der Waals surface area contributed by atoms with Gasteiger partial charge in [-0.05, 0) is 23.2 Å². The Morgan fingerprint density at radius 1 is 1.36 bits per heavy atom. The van der Waals surface area contributed by atoms with Crippen LogP contribution in [-0.4, -0.2) is 15.2 Å². The first-order valence-electron chi connectivity index (χ1n) is 4.06. The number of nitrogens with zero attached hydrogens (tertiary/aromatic N) is 2. The van der Waals surface area contributed by atoms with Gasteiger partial charge in [-0.3, -0.25) is 5.10 Å². The lowest BCUT2D eigenvalue weighted by molar-refractivity contribution is 0.969. The molecule has 0 saturated carbocycles. The van der Waals surface area contributed by atoms with Gasteiger partial charge in [0.2, 0.25) is 5.28 Å². The van der Waals surface area contributed by atoms with E-state index in [1.165, 1.54) is 0 Å². The molecule has 2 aromatic rings. The van der Waals surface area contributed by atoms with Crippen molar-refractivity contribution >= 4 is 27.5 Å². The van der Waals surface area contributed by atoms with E-state index in [9.17, 15) is 0 Å². The predicted molar refractivity (Wildman–Crippen MR) is 58.3 cm³/mol. The predicted octanol–water partition coefficient (Wildman–Crippen LogP) is 2.81. The van der Waals surface area contributed by atoms with Crippen LogP contribution in [0.5, 0.6) is 0 Å². The maximum absolute atomic E-state index is 5.60. The molecule has 2 rings (SSSR count). The number of benzene rings is 1. The van der Waals surface area contributed by atoms with Crippen molar-refractivity contribution < 1.29 is 0 Å². The molecule has 0 spiro atoms. The standard InChI is InChI=1S/C9H7BrClN3/c10-7-4-2-1-3-6(7)5-8-12-9(11)14-13-8/h1-4H,5H2,(H,12,13,14). The van der Waals surface area contributed by atoms with Crippen molar-refractivity contribution in [1.29, 1.82) is 0 Å². The van der Waals surface area contributed by atoms with Crippen LogP contribution in [0, 0.1) is 0 Å². The van der Waals surface area contributed by atoms with E-state index in [1.807, 2.05) is 24.3 Å². The molecule has 0 amide bonds. The molecule has 72 valence electrons. The van der Waals surface area contributed by atoms with Gasteiger partial charge >= 0.3 is 0 Å². The normalized spacial score (nSPS) is 10.4. The number of hydrogen-bond donors (Lipinski definition) is 1. The van der Waals surface area contributed by atoms with E-state index in [-0.39, 0.29) is 5.28 Å². The Hall–Kier alpha value is -0.870. The lowest BCUT2D eigenvalue weighted by Gasteiger charge is -2.00. The number of aromatic nitrogens is 3. The van der Waals surface area contributed by atoms with Crippen LogP contribution in [0.3, 0.4) is 0 Å². The molecule has 1 heterocycles. The van der Waals surface area contributed by atoms with E-state index in [4.69, 9.17) is 11.6 Å². The zero-order valence-corrected chi connectivity index (χ0v) is 9.51. The minimum absolute atomic E-state index is 0.257. The molecule has 0 bridgehead atoms. The molecule has 0 unspecified atom stereocenters. The van der Waals surface area contributed by atoms with Crippen molar-refractivity contribution in [2.75, 3.05) is 0 Å². The Morgan fingerprint density at radius 2 is 2.14 bits per heavy atom. The fraction of sp³-hybridized carbons (Fsp3) is 0.111. The fourth-order valence-electron chi connectivity index (χ4n) is 1.17. The van der Waals surface area contributed by atoms with E-state index >= 15 is 0 Å². The first-order chi connectivity index (χ1) is 6.75. The molecule has 0 fully saturated rings. The van der Waals surface area contributed by atoms with E-state index in [1.54, 1.807) is 0 Å². The van der Waals surface area contributed by atoms with E-state index in [0.29, 0.717) is 6.42 Å². The van der Waals surface area contributed by atoms with Crippen molar-refractivity contribution in [3.8, 4) is 0 Å². The van der Waals surface area contributed by atoms with Gasteiger partial charge in [-0.2, -0.15) is 0 Å². The van der Waals surface area contributed by atoms with Gasteiger partial charge in [0.05, 0.1) is 0 Å². The number of nitrogens with one attached hydrogen (secondary N) is 1. The van der Waals surface area contributed by atoms with Crippen LogP contribution in [0.2, 0.25) is 5.28 Å². The molecule has 0 aliphatic heterocycles. The lowest BCUT2D eigenvalue weighted by Crippen LogP contribution is -1.91. The highest BCUT2D eigenvalue weighted by Crippen LogP contribution is 2.18. The van der Waals surface area contributed by atoms with Crippen LogP contribution in [0.1, 0.15) is 11.4 Å². The smallest absolute Gasteiger partial charge is 0.242 e. The quantitative estimate of drug-likeness (QED) is 0.913. The summed E-state index contributed by atoms with van der Waals surface area (Å²) in [4.78, 5) is 4.03. The maximum atomic E-state index is 5.60. The van der Waals surface area contributed by atoms with Gasteiger partial charge in [-0.25, -0.2) is 4.98 Å². The second-order valence-electron chi connectivity index (χ2n) is 2.82. The highest BCUT2D eigenvalue weighted by molar-refractivity contribution is 9.10. The molecule has 1 aromatic carbocycles. The van der Waals surface area contributed by atoms with Crippen molar-refractivity contribution in [3.05, 3.63) is 45.4 Å². The summed E-state index contributed by atoms with van der Waals surface area (Å²) in [5.41, 5.74) is 1.15. The Kier molecular flexibility index (Phi) is 2.84. The Labute approximate surface area is 94.6 Å². The summed E-state index contributed by atoms with van der Waals surface area (Å²) in [6.45, 7) is 0. The summed E-state index contributed by atoms with van der Waals surface area (Å²) >= 11 is 9.07. The highest BCUT2D eigenvalue weighted by atomic mass is 79.9. The van der Waals surface area contributed by atoms with Gasteiger partial charge in [0.15, 0.2) is 0 Å². The summed E-state index contributed by atoms with van der Waals surface area (Å²) in [7, 11) is 0. The summed E-state index contributed by atoms with van der Waals surface area (Å²) in [6.07, 6.45) is 0.696. The highest BCUT2D eigenvalue weighted by Gasteiger charge is 2.04. The van der Waals surface area contributed by atoms with E-state index in [2.05, 4.69) is 31.1 Å². The largest absolute Gasteiger partial charge is 0.261 e. The lowest BCUT2D eigenvalue weighted by atomic mass is 10.1. The van der Waals surface area contributed by atoms with Crippen LogP contribution in [-0.2, 0) is 6.42 Å². The Balaban J connectivity index is 2.23. The molecule has 1 N–H and O–H groups in total. The minimum Gasteiger partial charge on any atom is -0.261 e. The zero-order chi connectivity index (χ0) is 9.97. The van der Waals surface area contributed by atoms with Crippen molar-refractivity contribution in [2.45, 2.75) is 6.42 Å². The van der Waals surface area contributed by atoms with Gasteiger partial charge in [0.1, 0.15) is 5.82 Å². The van der Waals surface area contributed by atoms with Gasteiger partial charge in [-0.15, -0.1) is 5.10 Å². The summed E-state index contributed by atoms with van der Waals surface area (Å²) in [5, 5.41) is 6.78. The molecule has 1 aromatic heterocycles. The summed E-state index contributed by atoms with van der Waals surface area (Å²) in [5.74, 6) is 0.766. The number of aromatic amines is 1. The average Bonchev–Trinajstić information content (AvgIpc) is 2.56. The van der Waals surface area contributed by atoms with Crippen LogP contribution < -0.4 is 0 Å². The molecule has 0 atom stereocenters. The third kappa shape index (κ3) is 2.13. The maximum Gasteiger partial charge on any atom is 0.242 e. The third-order valence-corrected chi connectivity index (χ3v) is 2.76. The van der Waals surface area contributed by atoms with Crippen molar-refractivity contribution in [2.24, 2.45) is 0 Å². The van der Waals surface area contributed by atoms with Crippen LogP contribution in [0.15, 0.2) is 28.7 Å². The zero-order valence-electron chi connectivity index (χ0n) is 7.17. The molecular weight excluding hydrogens is 265 g/mol. The van der Waals surface area contributed by atoms with Crippen LogP contribution >= 0.6 is 27.5 Å². The van der Waals surface area contributed by atoms with Gasteiger partial charge in [0.25, 0.3) is 0 Å². The number of H-pyrrole nitrogens is 1. The number of rotatable bonds is 2. The second kappa shape index (κ2) is 4.11. The minimum atomic E-state index is 0.257. The Bertz CT molecular complexity index is 441. The van der Waals surface area contributed by atoms with Crippen LogP contribution in [0.25, 0.3) is 0 Å². The van der Waals surface area contributed by atoms with Gasteiger partial charge < -0.3 is 0 Å². The molecule has 0 aliphatic rings. The van der Waals surface area contributed by atoms with E-state index in [0.717, 1.165) is 15.9 Å². The molecule has 0 radical (unpaired) electrons. The fourth-order valence-corrected chi connectivity index (χ4v) is 1.74. The topological polar surface area (TPSA) is 41.6 Å². The second-order valence-corrected chi connectivity index (χ2v) is 4.01. The third-order valence-electron chi connectivity index (χ3n) is 1.82. The first kappa shape index (κ1) is 9.68. The molecular formula is C9H7BrClN3. The van der Waals surface area contributed by atoms with Crippen molar-refractivity contribution in [3.63, 3.8) is 0 Å². The molecule has 14 heavy (non-hydrogen) atoms. The van der Waals surface area contributed by atoms with E-state index < -0.39 is 0 Å². The van der Waals surface area contributed by atoms with Gasteiger partial charge in [0, 0.05) is 10.9 Å². The molecule has 3 nitrogen and oxygen atoms in total. The number of hydrogen-bond acceptors (Lipinski definition) is 2.